The van der Waals surface area contributed by atoms with Gasteiger partial charge in [-0.05, 0) is 55.9 Å². The molecule has 1 atom stereocenters. The summed E-state index contributed by atoms with van der Waals surface area (Å²) < 4.78 is 5.85. The molecule has 0 bridgehead atoms. The van der Waals surface area contributed by atoms with E-state index in [1.807, 2.05) is 18.3 Å². The summed E-state index contributed by atoms with van der Waals surface area (Å²) in [6.45, 7) is 2.61. The summed E-state index contributed by atoms with van der Waals surface area (Å²) in [6, 6.07) is 12.7. The van der Waals surface area contributed by atoms with Crippen LogP contribution in [0.5, 0.6) is 5.75 Å². The highest BCUT2D eigenvalue weighted by molar-refractivity contribution is 5.42. The molecule has 4 nitrogen and oxygen atoms in total. The maximum absolute atomic E-state index is 5.85. The van der Waals surface area contributed by atoms with Crippen molar-refractivity contribution >= 4 is 0 Å². The molecule has 0 saturated carbocycles. The third-order valence-corrected chi connectivity index (χ3v) is 3.96. The number of likely N-dealkylation sites (N-methyl/N-ethyl adjacent to an activating group) is 1. The van der Waals surface area contributed by atoms with Crippen molar-refractivity contribution in [3.63, 3.8) is 0 Å². The van der Waals surface area contributed by atoms with E-state index in [-0.39, 0.29) is 6.04 Å². The number of pyridine rings is 1. The topological polar surface area (TPSA) is 37.4 Å². The van der Waals surface area contributed by atoms with Crippen LogP contribution in [-0.4, -0.2) is 43.7 Å². The van der Waals surface area contributed by atoms with Gasteiger partial charge in [-0.25, -0.2) is 0 Å². The van der Waals surface area contributed by atoms with E-state index >= 15 is 0 Å². The fourth-order valence-corrected chi connectivity index (χ4v) is 2.79. The van der Waals surface area contributed by atoms with Crippen molar-refractivity contribution in [3.8, 4) is 5.75 Å². The molecule has 0 saturated heterocycles. The Morgan fingerprint density at radius 1 is 1.27 bits per heavy atom. The first-order valence-electron chi connectivity index (χ1n) is 7.79. The molecule has 1 aliphatic heterocycles. The molecular weight excluding hydrogens is 274 g/mol. The maximum atomic E-state index is 5.85. The Labute approximate surface area is 132 Å². The van der Waals surface area contributed by atoms with Crippen molar-refractivity contribution in [3.05, 3.63) is 59.4 Å². The van der Waals surface area contributed by atoms with Gasteiger partial charge >= 0.3 is 0 Å². The first-order valence-corrected chi connectivity index (χ1v) is 7.79. The van der Waals surface area contributed by atoms with E-state index in [2.05, 4.69) is 53.6 Å². The quantitative estimate of drug-likeness (QED) is 0.918. The Balaban J connectivity index is 1.78. The Bertz CT molecular complexity index is 613. The first kappa shape index (κ1) is 15.0. The maximum Gasteiger partial charge on any atom is 0.119 e. The molecule has 116 valence electrons. The van der Waals surface area contributed by atoms with Gasteiger partial charge < -0.3 is 15.0 Å². The zero-order chi connectivity index (χ0) is 15.4. The molecule has 4 heteroatoms. The molecule has 1 aliphatic rings. The van der Waals surface area contributed by atoms with Gasteiger partial charge in [0.25, 0.3) is 0 Å². The summed E-state index contributed by atoms with van der Waals surface area (Å²) in [5, 5.41) is 3.56. The second-order valence-electron chi connectivity index (χ2n) is 5.90. The third kappa shape index (κ3) is 3.46. The van der Waals surface area contributed by atoms with Crippen LogP contribution >= 0.6 is 0 Å². The minimum absolute atomic E-state index is 0.181. The predicted molar refractivity (Wildman–Crippen MR) is 88.3 cm³/mol. The van der Waals surface area contributed by atoms with Gasteiger partial charge in [-0.15, -0.1) is 0 Å². The second kappa shape index (κ2) is 6.90. The van der Waals surface area contributed by atoms with Crippen molar-refractivity contribution in [1.82, 2.24) is 15.2 Å². The number of nitrogens with zero attached hydrogens (tertiary/aromatic N) is 2. The van der Waals surface area contributed by atoms with Crippen molar-refractivity contribution in [2.75, 3.05) is 33.8 Å². The summed E-state index contributed by atoms with van der Waals surface area (Å²) in [4.78, 5) is 6.62. The molecule has 1 aromatic carbocycles. The standard InChI is InChI=1S/C18H23N3O/c1-21(2)11-12-22-15-6-7-16-14(13-15)8-10-20-18(16)17-5-3-4-9-19-17/h3-7,9,13,18,20H,8,10-12H2,1-2H3. The molecule has 22 heavy (non-hydrogen) atoms. The predicted octanol–water partition coefficient (Wildman–Crippen LogP) is 2.26. The molecule has 1 unspecified atom stereocenters. The van der Waals surface area contributed by atoms with Gasteiger partial charge in [-0.1, -0.05) is 12.1 Å². The molecule has 1 N–H and O–H groups in total. The van der Waals surface area contributed by atoms with Crippen molar-refractivity contribution < 1.29 is 4.74 Å². The Morgan fingerprint density at radius 2 is 2.18 bits per heavy atom. The summed E-state index contributed by atoms with van der Waals surface area (Å²) >= 11 is 0. The highest BCUT2D eigenvalue weighted by atomic mass is 16.5. The summed E-state index contributed by atoms with van der Waals surface area (Å²) in [7, 11) is 4.11. The van der Waals surface area contributed by atoms with Crippen LogP contribution in [0.4, 0.5) is 0 Å². The number of rotatable bonds is 5. The van der Waals surface area contributed by atoms with Crippen LogP contribution in [-0.2, 0) is 6.42 Å². The fourth-order valence-electron chi connectivity index (χ4n) is 2.79. The van der Waals surface area contributed by atoms with Crippen LogP contribution in [0.15, 0.2) is 42.6 Å². The molecule has 0 amide bonds. The molecule has 3 rings (SSSR count). The van der Waals surface area contributed by atoms with Crippen molar-refractivity contribution in [2.45, 2.75) is 12.5 Å². The monoisotopic (exact) mass is 297 g/mol. The number of fused-ring (bicyclic) bond motifs is 1. The molecule has 1 aromatic heterocycles. The van der Waals surface area contributed by atoms with Crippen LogP contribution in [0.1, 0.15) is 22.9 Å². The van der Waals surface area contributed by atoms with Gasteiger partial charge in [-0.3, -0.25) is 4.98 Å². The van der Waals surface area contributed by atoms with Crippen molar-refractivity contribution in [1.29, 1.82) is 0 Å². The molecule has 0 aliphatic carbocycles. The lowest BCUT2D eigenvalue weighted by molar-refractivity contribution is 0.261. The average molecular weight is 297 g/mol. The molecule has 2 aromatic rings. The smallest absolute Gasteiger partial charge is 0.119 e. The lowest BCUT2D eigenvalue weighted by Gasteiger charge is -2.27. The van der Waals surface area contributed by atoms with Gasteiger partial charge in [0, 0.05) is 19.3 Å². The number of ether oxygens (including phenoxy) is 1. The average Bonchev–Trinajstić information content (AvgIpc) is 2.54. The van der Waals surface area contributed by atoms with Crippen LogP contribution < -0.4 is 10.1 Å². The van der Waals surface area contributed by atoms with Crippen LogP contribution in [0.25, 0.3) is 0 Å². The summed E-state index contributed by atoms with van der Waals surface area (Å²) in [6.07, 6.45) is 2.88. The van der Waals surface area contributed by atoms with Crippen LogP contribution in [0.2, 0.25) is 0 Å². The molecular formula is C18H23N3O. The Hall–Kier alpha value is -1.91. The van der Waals surface area contributed by atoms with E-state index in [0.717, 1.165) is 31.0 Å². The largest absolute Gasteiger partial charge is 0.492 e. The van der Waals surface area contributed by atoms with Gasteiger partial charge in [0.1, 0.15) is 12.4 Å². The highest BCUT2D eigenvalue weighted by Gasteiger charge is 2.22. The minimum atomic E-state index is 0.181. The number of benzene rings is 1. The highest BCUT2D eigenvalue weighted by Crippen LogP contribution is 2.30. The van der Waals surface area contributed by atoms with Crippen molar-refractivity contribution in [2.24, 2.45) is 0 Å². The third-order valence-electron chi connectivity index (χ3n) is 3.96. The van der Waals surface area contributed by atoms with E-state index in [1.54, 1.807) is 0 Å². The first-order chi connectivity index (χ1) is 10.7. The lowest BCUT2D eigenvalue weighted by atomic mass is 9.92. The molecule has 0 fully saturated rings. The van der Waals surface area contributed by atoms with Crippen LogP contribution in [0.3, 0.4) is 0 Å². The second-order valence-corrected chi connectivity index (χ2v) is 5.90. The van der Waals surface area contributed by atoms with E-state index in [1.165, 1.54) is 11.1 Å². The summed E-state index contributed by atoms with van der Waals surface area (Å²) in [5.74, 6) is 0.960. The normalized spacial score (nSPS) is 17.3. The Morgan fingerprint density at radius 3 is 2.95 bits per heavy atom. The van der Waals surface area contributed by atoms with E-state index in [0.29, 0.717) is 6.61 Å². The summed E-state index contributed by atoms with van der Waals surface area (Å²) in [5.41, 5.74) is 3.74. The van der Waals surface area contributed by atoms with E-state index in [9.17, 15) is 0 Å². The zero-order valence-corrected chi connectivity index (χ0v) is 13.2. The zero-order valence-electron chi connectivity index (χ0n) is 13.2. The molecule has 0 radical (unpaired) electrons. The number of hydrogen-bond acceptors (Lipinski definition) is 4. The minimum Gasteiger partial charge on any atom is -0.492 e. The van der Waals surface area contributed by atoms with E-state index in [4.69, 9.17) is 4.74 Å². The molecule has 0 spiro atoms. The van der Waals surface area contributed by atoms with Gasteiger partial charge in [-0.2, -0.15) is 0 Å². The SMILES string of the molecule is CN(C)CCOc1ccc2c(c1)CCNC2c1ccccn1. The molecule has 2 heterocycles. The van der Waals surface area contributed by atoms with Gasteiger partial charge in [0.15, 0.2) is 0 Å². The number of aromatic nitrogens is 1. The van der Waals surface area contributed by atoms with E-state index < -0.39 is 0 Å². The van der Waals surface area contributed by atoms with Crippen LogP contribution in [0, 0.1) is 0 Å². The fraction of sp³-hybridized carbons (Fsp3) is 0.389. The van der Waals surface area contributed by atoms with Gasteiger partial charge in [0.2, 0.25) is 0 Å². The lowest BCUT2D eigenvalue weighted by Crippen LogP contribution is -2.31. The number of hydrogen-bond donors (Lipinski definition) is 1. The van der Waals surface area contributed by atoms with Gasteiger partial charge in [0.05, 0.1) is 11.7 Å². The Kier molecular flexibility index (Phi) is 4.71. The number of nitrogens with one attached hydrogen (secondary N) is 1.